The lowest BCUT2D eigenvalue weighted by Gasteiger charge is -2.24. The first-order valence-electron chi connectivity index (χ1n) is 7.35. The quantitative estimate of drug-likeness (QED) is 0.744. The van der Waals surface area contributed by atoms with Crippen LogP contribution < -0.4 is 5.32 Å². The van der Waals surface area contributed by atoms with Crippen molar-refractivity contribution in [2.45, 2.75) is 19.4 Å². The number of halogens is 1. The van der Waals surface area contributed by atoms with Crippen LogP contribution in [0.5, 0.6) is 0 Å². The van der Waals surface area contributed by atoms with Crippen LogP contribution in [0, 0.1) is 0 Å². The van der Waals surface area contributed by atoms with E-state index < -0.39 is 0 Å². The molecule has 0 saturated heterocycles. The largest absolute Gasteiger partial charge is 0.310 e. The molecule has 114 valence electrons. The first-order chi connectivity index (χ1) is 9.52. The van der Waals surface area contributed by atoms with Gasteiger partial charge >= 0.3 is 0 Å². The minimum absolute atomic E-state index is 0.440. The third kappa shape index (κ3) is 6.84. The van der Waals surface area contributed by atoms with Gasteiger partial charge in [-0.2, -0.15) is 0 Å². The van der Waals surface area contributed by atoms with Crippen molar-refractivity contribution in [1.29, 1.82) is 0 Å². The molecule has 0 spiro atoms. The lowest BCUT2D eigenvalue weighted by Crippen LogP contribution is -2.32. The van der Waals surface area contributed by atoms with Crippen molar-refractivity contribution >= 4 is 15.9 Å². The van der Waals surface area contributed by atoms with E-state index in [9.17, 15) is 0 Å². The fourth-order valence-corrected chi connectivity index (χ4v) is 2.42. The molecule has 20 heavy (non-hydrogen) atoms. The highest BCUT2D eigenvalue weighted by molar-refractivity contribution is 9.10. The molecule has 0 amide bonds. The second-order valence-corrected chi connectivity index (χ2v) is 6.47. The molecule has 1 rings (SSSR count). The van der Waals surface area contributed by atoms with Crippen molar-refractivity contribution in [2.75, 3.05) is 47.3 Å². The molecule has 1 atom stereocenters. The highest BCUT2D eigenvalue weighted by Crippen LogP contribution is 2.19. The molecule has 0 aliphatic rings. The summed E-state index contributed by atoms with van der Waals surface area (Å²) in [4.78, 5) is 4.64. The first kappa shape index (κ1) is 17.6. The maximum absolute atomic E-state index is 3.59. The molecule has 3 nitrogen and oxygen atoms in total. The smallest absolute Gasteiger partial charge is 0.0332 e. The number of nitrogens with one attached hydrogen (secondary N) is 1. The third-order valence-electron chi connectivity index (χ3n) is 3.45. The minimum Gasteiger partial charge on any atom is -0.310 e. The predicted molar refractivity (Wildman–Crippen MR) is 91.2 cm³/mol. The van der Waals surface area contributed by atoms with Crippen molar-refractivity contribution in [3.8, 4) is 0 Å². The Morgan fingerprint density at radius 1 is 1.05 bits per heavy atom. The van der Waals surface area contributed by atoms with Crippen LogP contribution in [0.25, 0.3) is 0 Å². The van der Waals surface area contributed by atoms with Crippen LogP contribution >= 0.6 is 15.9 Å². The Morgan fingerprint density at radius 3 is 2.25 bits per heavy atom. The second-order valence-electron chi connectivity index (χ2n) is 5.56. The van der Waals surface area contributed by atoms with Gasteiger partial charge in [0.2, 0.25) is 0 Å². The van der Waals surface area contributed by atoms with Crippen LogP contribution in [0.15, 0.2) is 28.7 Å². The molecular weight excluding hydrogens is 314 g/mol. The van der Waals surface area contributed by atoms with Crippen LogP contribution in [0.1, 0.15) is 24.9 Å². The lowest BCUT2D eigenvalue weighted by atomic mass is 10.0. The Bertz CT molecular complexity index is 364. The number of rotatable bonds is 9. The van der Waals surface area contributed by atoms with Gasteiger partial charge < -0.3 is 15.1 Å². The molecule has 0 aliphatic heterocycles. The summed E-state index contributed by atoms with van der Waals surface area (Å²) in [6, 6.07) is 9.09. The molecule has 0 bridgehead atoms. The van der Waals surface area contributed by atoms with Crippen molar-refractivity contribution < 1.29 is 0 Å². The molecule has 1 aromatic rings. The minimum atomic E-state index is 0.440. The Morgan fingerprint density at radius 2 is 1.70 bits per heavy atom. The van der Waals surface area contributed by atoms with Gasteiger partial charge in [-0.3, -0.25) is 0 Å². The summed E-state index contributed by atoms with van der Waals surface area (Å²) >= 11 is 3.50. The number of likely N-dealkylation sites (N-methyl/N-ethyl adjacent to an activating group) is 2. The maximum atomic E-state index is 3.59. The summed E-state index contributed by atoms with van der Waals surface area (Å²) in [5.74, 6) is 0. The molecular formula is C16H28BrN3. The van der Waals surface area contributed by atoms with Gasteiger partial charge in [-0.05, 0) is 58.3 Å². The molecule has 0 aromatic heterocycles. The van der Waals surface area contributed by atoms with E-state index in [1.807, 2.05) is 0 Å². The van der Waals surface area contributed by atoms with Gasteiger partial charge in [0.15, 0.2) is 0 Å². The van der Waals surface area contributed by atoms with E-state index in [0.29, 0.717) is 6.04 Å². The van der Waals surface area contributed by atoms with Gasteiger partial charge in [0, 0.05) is 23.6 Å². The highest BCUT2D eigenvalue weighted by atomic mass is 79.9. The summed E-state index contributed by atoms with van der Waals surface area (Å²) < 4.78 is 1.14. The standard InChI is InChI=1S/C16H28BrN3/c1-5-18-16(14-6-8-15(17)9-7-14)10-11-20(4)13-12-19(2)3/h6-9,16,18H,5,10-13H2,1-4H3. The van der Waals surface area contributed by atoms with Crippen LogP contribution in [0.4, 0.5) is 0 Å². The van der Waals surface area contributed by atoms with Gasteiger partial charge in [-0.15, -0.1) is 0 Å². The molecule has 0 radical (unpaired) electrons. The van der Waals surface area contributed by atoms with E-state index >= 15 is 0 Å². The average Bonchev–Trinajstić information content (AvgIpc) is 2.42. The summed E-state index contributed by atoms with van der Waals surface area (Å²) in [6.45, 7) is 6.51. The lowest BCUT2D eigenvalue weighted by molar-refractivity contribution is 0.268. The Balaban J connectivity index is 2.48. The van der Waals surface area contributed by atoms with E-state index in [0.717, 1.165) is 37.1 Å². The number of hydrogen-bond acceptors (Lipinski definition) is 3. The second kappa shape index (κ2) is 9.50. The Labute approximate surface area is 132 Å². The van der Waals surface area contributed by atoms with Crippen LogP contribution in [0.2, 0.25) is 0 Å². The molecule has 1 N–H and O–H groups in total. The van der Waals surface area contributed by atoms with Crippen LogP contribution in [0.3, 0.4) is 0 Å². The van der Waals surface area contributed by atoms with Gasteiger partial charge in [0.05, 0.1) is 0 Å². The van der Waals surface area contributed by atoms with Crippen LogP contribution in [-0.2, 0) is 0 Å². The molecule has 0 saturated carbocycles. The van der Waals surface area contributed by atoms with Crippen molar-refractivity contribution in [1.82, 2.24) is 15.1 Å². The Hall–Kier alpha value is -0.420. The summed E-state index contributed by atoms with van der Waals surface area (Å²) in [6.07, 6.45) is 1.14. The average molecular weight is 342 g/mol. The fourth-order valence-electron chi connectivity index (χ4n) is 2.16. The van der Waals surface area contributed by atoms with Crippen molar-refractivity contribution in [2.24, 2.45) is 0 Å². The molecule has 0 aliphatic carbocycles. The molecule has 1 aromatic carbocycles. The SMILES string of the molecule is CCNC(CCN(C)CCN(C)C)c1ccc(Br)cc1. The van der Waals surface area contributed by atoms with Crippen LogP contribution in [-0.4, -0.2) is 57.1 Å². The highest BCUT2D eigenvalue weighted by Gasteiger charge is 2.11. The van der Waals surface area contributed by atoms with Crippen molar-refractivity contribution in [3.05, 3.63) is 34.3 Å². The van der Waals surface area contributed by atoms with E-state index in [4.69, 9.17) is 0 Å². The summed E-state index contributed by atoms with van der Waals surface area (Å²) in [5.41, 5.74) is 1.37. The third-order valence-corrected chi connectivity index (χ3v) is 3.98. The van der Waals surface area contributed by atoms with E-state index in [1.54, 1.807) is 0 Å². The monoisotopic (exact) mass is 341 g/mol. The zero-order chi connectivity index (χ0) is 15.0. The van der Waals surface area contributed by atoms with E-state index in [1.165, 1.54) is 5.56 Å². The zero-order valence-corrected chi connectivity index (χ0v) is 14.8. The molecule has 1 unspecified atom stereocenters. The number of benzene rings is 1. The van der Waals surface area contributed by atoms with Gasteiger partial charge in [0.1, 0.15) is 0 Å². The Kier molecular flexibility index (Phi) is 8.38. The number of hydrogen-bond donors (Lipinski definition) is 1. The normalized spacial score (nSPS) is 13.2. The first-order valence-corrected chi connectivity index (χ1v) is 8.14. The van der Waals surface area contributed by atoms with E-state index in [2.05, 4.69) is 83.4 Å². The van der Waals surface area contributed by atoms with Crippen molar-refractivity contribution in [3.63, 3.8) is 0 Å². The fraction of sp³-hybridized carbons (Fsp3) is 0.625. The van der Waals surface area contributed by atoms with Gasteiger partial charge in [0.25, 0.3) is 0 Å². The predicted octanol–water partition coefficient (Wildman–Crippen LogP) is 2.98. The molecule has 0 heterocycles. The summed E-state index contributed by atoms with van der Waals surface area (Å²) in [7, 11) is 6.45. The molecule has 4 heteroatoms. The zero-order valence-electron chi connectivity index (χ0n) is 13.2. The van der Waals surface area contributed by atoms with E-state index in [-0.39, 0.29) is 0 Å². The van der Waals surface area contributed by atoms with Gasteiger partial charge in [-0.1, -0.05) is 35.0 Å². The maximum Gasteiger partial charge on any atom is 0.0332 e. The molecule has 0 fully saturated rings. The summed E-state index contributed by atoms with van der Waals surface area (Å²) in [5, 5.41) is 3.59. The van der Waals surface area contributed by atoms with Gasteiger partial charge in [-0.25, -0.2) is 0 Å². The topological polar surface area (TPSA) is 18.5 Å². The number of nitrogens with zero attached hydrogens (tertiary/aromatic N) is 2.